The van der Waals surface area contributed by atoms with Crippen LogP contribution in [0.1, 0.15) is 33.1 Å². The van der Waals surface area contributed by atoms with Crippen molar-refractivity contribution in [3.8, 4) is 0 Å². The quantitative estimate of drug-likeness (QED) is 0.743. The number of carbonyl (C=O) groups excluding carboxylic acids is 2. The molecule has 3 amide bonds. The van der Waals surface area contributed by atoms with Crippen LogP contribution in [0.3, 0.4) is 0 Å². The van der Waals surface area contributed by atoms with Crippen LogP contribution >= 0.6 is 0 Å². The highest BCUT2D eigenvalue weighted by atomic mass is 16.4. The monoisotopic (exact) mass is 285 g/mol. The molecule has 1 rings (SSSR count). The highest BCUT2D eigenvalue weighted by Gasteiger charge is 2.26. The molecule has 2 N–H and O–H groups in total. The highest BCUT2D eigenvalue weighted by molar-refractivity contribution is 5.88. The van der Waals surface area contributed by atoms with Crippen molar-refractivity contribution < 1.29 is 19.5 Å². The number of hydrogen-bond donors (Lipinski definition) is 2. The molecule has 1 fully saturated rings. The van der Waals surface area contributed by atoms with Gasteiger partial charge in [-0.2, -0.15) is 0 Å². The van der Waals surface area contributed by atoms with Gasteiger partial charge in [0, 0.05) is 19.6 Å². The minimum absolute atomic E-state index is 0.109. The Balaban J connectivity index is 2.52. The standard InChI is InChI=1S/C13H23N3O4/c1-3-6-16(9-11(17)18)13(20)14-10(2)12(19)15-7-4-5-8-15/h10H,3-9H2,1-2H3,(H,14,20)(H,17,18). The second-order valence-electron chi connectivity index (χ2n) is 5.02. The molecule has 7 heteroatoms. The maximum atomic E-state index is 12.1. The second kappa shape index (κ2) is 7.72. The first-order valence-electron chi connectivity index (χ1n) is 7.01. The van der Waals surface area contributed by atoms with Gasteiger partial charge in [-0.05, 0) is 26.2 Å². The third-order valence-electron chi connectivity index (χ3n) is 3.24. The number of urea groups is 1. The lowest BCUT2D eigenvalue weighted by atomic mass is 10.3. The maximum Gasteiger partial charge on any atom is 0.323 e. The van der Waals surface area contributed by atoms with Gasteiger partial charge < -0.3 is 20.2 Å². The topological polar surface area (TPSA) is 90.0 Å². The van der Waals surface area contributed by atoms with Gasteiger partial charge in [-0.25, -0.2) is 4.79 Å². The zero-order chi connectivity index (χ0) is 15.1. The van der Waals surface area contributed by atoms with Crippen molar-refractivity contribution in [3.05, 3.63) is 0 Å². The van der Waals surface area contributed by atoms with Gasteiger partial charge in [-0.15, -0.1) is 0 Å². The molecule has 1 heterocycles. The maximum absolute atomic E-state index is 12.1. The molecule has 1 aliphatic heterocycles. The van der Waals surface area contributed by atoms with E-state index in [2.05, 4.69) is 5.32 Å². The summed E-state index contributed by atoms with van der Waals surface area (Å²) < 4.78 is 0. The molecule has 0 aromatic heterocycles. The number of nitrogens with one attached hydrogen (secondary N) is 1. The van der Waals surface area contributed by atoms with Crippen molar-refractivity contribution in [2.45, 2.75) is 39.2 Å². The molecule has 7 nitrogen and oxygen atoms in total. The summed E-state index contributed by atoms with van der Waals surface area (Å²) in [5.41, 5.74) is 0. The van der Waals surface area contributed by atoms with Crippen molar-refractivity contribution in [2.75, 3.05) is 26.2 Å². The Morgan fingerprint density at radius 2 is 1.90 bits per heavy atom. The van der Waals surface area contributed by atoms with Gasteiger partial charge in [-0.1, -0.05) is 6.92 Å². The first kappa shape index (κ1) is 16.3. The molecule has 0 spiro atoms. The van der Waals surface area contributed by atoms with E-state index in [9.17, 15) is 14.4 Å². The van der Waals surface area contributed by atoms with Crippen LogP contribution in [0.2, 0.25) is 0 Å². The number of likely N-dealkylation sites (tertiary alicyclic amines) is 1. The van der Waals surface area contributed by atoms with E-state index in [0.717, 1.165) is 25.9 Å². The molecule has 0 aliphatic carbocycles. The second-order valence-corrected chi connectivity index (χ2v) is 5.02. The van der Waals surface area contributed by atoms with Crippen molar-refractivity contribution in [3.63, 3.8) is 0 Å². The Morgan fingerprint density at radius 1 is 1.30 bits per heavy atom. The zero-order valence-corrected chi connectivity index (χ0v) is 12.1. The third kappa shape index (κ3) is 4.71. The van der Waals surface area contributed by atoms with Crippen LogP contribution in [0.15, 0.2) is 0 Å². The van der Waals surface area contributed by atoms with E-state index < -0.39 is 18.0 Å². The predicted molar refractivity (Wildman–Crippen MR) is 73.3 cm³/mol. The van der Waals surface area contributed by atoms with Crippen molar-refractivity contribution in [2.24, 2.45) is 0 Å². The average Bonchev–Trinajstić information content (AvgIpc) is 2.90. The molecular weight excluding hydrogens is 262 g/mol. The van der Waals surface area contributed by atoms with E-state index >= 15 is 0 Å². The van der Waals surface area contributed by atoms with Crippen LogP contribution in [-0.2, 0) is 9.59 Å². The molecule has 0 aromatic carbocycles. The van der Waals surface area contributed by atoms with Gasteiger partial charge in [-0.3, -0.25) is 9.59 Å². The first-order valence-corrected chi connectivity index (χ1v) is 7.01. The molecule has 0 aromatic rings. The van der Waals surface area contributed by atoms with Gasteiger partial charge >= 0.3 is 12.0 Å². The minimum Gasteiger partial charge on any atom is -0.480 e. The van der Waals surface area contributed by atoms with E-state index in [1.54, 1.807) is 11.8 Å². The Morgan fingerprint density at radius 3 is 2.40 bits per heavy atom. The molecule has 0 radical (unpaired) electrons. The molecule has 20 heavy (non-hydrogen) atoms. The summed E-state index contributed by atoms with van der Waals surface area (Å²) in [4.78, 5) is 37.7. The molecule has 0 saturated carbocycles. The summed E-state index contributed by atoms with van der Waals surface area (Å²) in [5.74, 6) is -1.17. The van der Waals surface area contributed by atoms with Gasteiger partial charge in [0.2, 0.25) is 5.91 Å². The molecule has 1 aliphatic rings. The van der Waals surface area contributed by atoms with Gasteiger partial charge in [0.15, 0.2) is 0 Å². The van der Waals surface area contributed by atoms with Crippen LogP contribution in [0.25, 0.3) is 0 Å². The summed E-state index contributed by atoms with van der Waals surface area (Å²) in [6, 6.07) is -1.14. The zero-order valence-electron chi connectivity index (χ0n) is 12.1. The van der Waals surface area contributed by atoms with Crippen molar-refractivity contribution in [1.29, 1.82) is 0 Å². The third-order valence-corrected chi connectivity index (χ3v) is 3.24. The number of nitrogens with zero attached hydrogens (tertiary/aromatic N) is 2. The summed E-state index contributed by atoms with van der Waals surface area (Å²) in [6.45, 7) is 4.94. The molecule has 1 saturated heterocycles. The van der Waals surface area contributed by atoms with Crippen molar-refractivity contribution in [1.82, 2.24) is 15.1 Å². The minimum atomic E-state index is -1.06. The summed E-state index contributed by atoms with van der Waals surface area (Å²) in [7, 11) is 0. The van der Waals surface area contributed by atoms with E-state index in [1.165, 1.54) is 4.90 Å². The van der Waals surface area contributed by atoms with E-state index in [-0.39, 0.29) is 12.5 Å². The van der Waals surface area contributed by atoms with Crippen molar-refractivity contribution >= 4 is 17.9 Å². The summed E-state index contributed by atoms with van der Waals surface area (Å²) in [6.07, 6.45) is 2.65. The van der Waals surface area contributed by atoms with Crippen LogP contribution in [0.5, 0.6) is 0 Å². The lowest BCUT2D eigenvalue weighted by molar-refractivity contribution is -0.137. The van der Waals surface area contributed by atoms with Gasteiger partial charge in [0.1, 0.15) is 12.6 Å². The number of rotatable bonds is 6. The predicted octanol–water partition coefficient (Wildman–Crippen LogP) is 0.504. The lowest BCUT2D eigenvalue weighted by Gasteiger charge is -2.25. The number of hydrogen-bond acceptors (Lipinski definition) is 3. The summed E-state index contributed by atoms with van der Waals surface area (Å²) in [5, 5.41) is 11.4. The fourth-order valence-corrected chi connectivity index (χ4v) is 2.24. The fraction of sp³-hybridized carbons (Fsp3) is 0.769. The summed E-state index contributed by atoms with van der Waals surface area (Å²) >= 11 is 0. The van der Waals surface area contributed by atoms with Crippen LogP contribution in [0, 0.1) is 0 Å². The molecule has 114 valence electrons. The lowest BCUT2D eigenvalue weighted by Crippen LogP contribution is -2.51. The van der Waals surface area contributed by atoms with E-state index in [0.29, 0.717) is 13.0 Å². The van der Waals surface area contributed by atoms with E-state index in [1.807, 2.05) is 6.92 Å². The molecule has 1 atom stereocenters. The number of aliphatic carboxylic acids is 1. The number of carbonyl (C=O) groups is 3. The van der Waals surface area contributed by atoms with E-state index in [4.69, 9.17) is 5.11 Å². The number of carboxylic acid groups (broad SMARTS) is 1. The van der Waals surface area contributed by atoms with Gasteiger partial charge in [0.05, 0.1) is 0 Å². The molecular formula is C13H23N3O4. The van der Waals surface area contributed by atoms with Crippen LogP contribution in [0.4, 0.5) is 4.79 Å². The van der Waals surface area contributed by atoms with Crippen LogP contribution in [-0.4, -0.2) is 65.0 Å². The number of carboxylic acids is 1. The SMILES string of the molecule is CCCN(CC(=O)O)C(=O)NC(C)C(=O)N1CCCC1. The number of amides is 3. The normalized spacial score (nSPS) is 15.8. The Hall–Kier alpha value is -1.79. The smallest absolute Gasteiger partial charge is 0.323 e. The fourth-order valence-electron chi connectivity index (χ4n) is 2.24. The average molecular weight is 285 g/mol. The Labute approximate surface area is 118 Å². The van der Waals surface area contributed by atoms with Gasteiger partial charge in [0.25, 0.3) is 0 Å². The first-order chi connectivity index (χ1) is 9.45. The van der Waals surface area contributed by atoms with Crippen LogP contribution < -0.4 is 5.32 Å². The Kier molecular flexibility index (Phi) is 6.27. The molecule has 1 unspecified atom stereocenters. The molecule has 0 bridgehead atoms. The highest BCUT2D eigenvalue weighted by Crippen LogP contribution is 2.09. The Bertz CT molecular complexity index is 367. The largest absolute Gasteiger partial charge is 0.480 e.